The maximum atomic E-state index is 15.3. The van der Waals surface area contributed by atoms with E-state index < -0.39 is 5.54 Å². The molecular weight excluding hydrogens is 413 g/mol. The monoisotopic (exact) mass is 455 g/mol. The number of rotatable bonds is 15. The third-order valence-electron chi connectivity index (χ3n) is 6.48. The first-order valence-corrected chi connectivity index (χ1v) is 12.8. The minimum Gasteiger partial charge on any atom is -0.464 e. The third-order valence-corrected chi connectivity index (χ3v) is 6.48. The van der Waals surface area contributed by atoms with Crippen LogP contribution in [0.15, 0.2) is 48.5 Å². The van der Waals surface area contributed by atoms with Crippen LogP contribution in [-0.2, 0) is 15.1 Å². The van der Waals surface area contributed by atoms with E-state index in [0.29, 0.717) is 17.7 Å². The van der Waals surface area contributed by atoms with Crippen molar-refractivity contribution in [3.63, 3.8) is 0 Å². The summed E-state index contributed by atoms with van der Waals surface area (Å²) in [5.41, 5.74) is 1.01. The van der Waals surface area contributed by atoms with E-state index in [4.69, 9.17) is 4.74 Å². The van der Waals surface area contributed by atoms with Crippen LogP contribution in [-0.4, -0.2) is 30.6 Å². The average Bonchev–Trinajstić information content (AvgIpc) is 2.83. The number of ether oxygens (including phenoxy) is 1. The van der Waals surface area contributed by atoms with Crippen LogP contribution >= 0.6 is 0 Å². The first-order chi connectivity index (χ1) is 16.0. The quantitative estimate of drug-likeness (QED) is 0.203. The van der Waals surface area contributed by atoms with Gasteiger partial charge in [-0.05, 0) is 57.0 Å². The number of esters is 1. The van der Waals surface area contributed by atoms with Crippen molar-refractivity contribution in [3.05, 3.63) is 59.9 Å². The minimum atomic E-state index is -1.02. The molecule has 0 heterocycles. The smallest absolute Gasteiger partial charge is 0.330 e. The van der Waals surface area contributed by atoms with Gasteiger partial charge in [0.2, 0.25) is 0 Å². The summed E-state index contributed by atoms with van der Waals surface area (Å²) in [5, 5.41) is 0. The number of unbranched alkanes of at least 4 members (excludes halogenated alkanes) is 6. The molecule has 2 rings (SSSR count). The number of benzene rings is 2. The van der Waals surface area contributed by atoms with Gasteiger partial charge >= 0.3 is 5.97 Å². The molecule has 0 aliphatic rings. The molecular formula is C29H42FNO2. The highest BCUT2D eigenvalue weighted by atomic mass is 19.1. The van der Waals surface area contributed by atoms with Gasteiger partial charge in [-0.15, -0.1) is 0 Å². The van der Waals surface area contributed by atoms with Crippen LogP contribution in [0, 0.1) is 5.82 Å². The van der Waals surface area contributed by atoms with Gasteiger partial charge in [0.05, 0.1) is 6.61 Å². The first-order valence-electron chi connectivity index (χ1n) is 12.8. The van der Waals surface area contributed by atoms with Crippen molar-refractivity contribution < 1.29 is 13.9 Å². The standard InChI is InChI=1S/C29H42FNO2/c1-5-8-10-15-21-31(22-16-11-9-6-2)29(4,28(32)33-7-3)25-19-20-26(27(30)23-25)24-17-13-12-14-18-24/h12-14,17-20,23H,5-11,15-16,21-22H2,1-4H3. The Kier molecular flexibility index (Phi) is 11.6. The Hall–Kier alpha value is -2.20. The summed E-state index contributed by atoms with van der Waals surface area (Å²) in [6.07, 6.45) is 8.97. The number of halogens is 1. The fourth-order valence-electron chi connectivity index (χ4n) is 4.39. The number of hydrogen-bond donors (Lipinski definition) is 0. The summed E-state index contributed by atoms with van der Waals surface area (Å²) < 4.78 is 20.9. The zero-order chi connectivity index (χ0) is 24.1. The second-order valence-electron chi connectivity index (χ2n) is 8.96. The summed E-state index contributed by atoms with van der Waals surface area (Å²) in [6, 6.07) is 14.7. The molecule has 4 heteroatoms. The molecule has 0 fully saturated rings. The lowest BCUT2D eigenvalue weighted by atomic mass is 9.87. The van der Waals surface area contributed by atoms with E-state index in [2.05, 4.69) is 18.7 Å². The Morgan fingerprint density at radius 3 is 2.00 bits per heavy atom. The highest BCUT2D eigenvalue weighted by Crippen LogP contribution is 2.34. The van der Waals surface area contributed by atoms with Gasteiger partial charge in [-0.1, -0.05) is 94.8 Å². The van der Waals surface area contributed by atoms with Crippen LogP contribution in [0.3, 0.4) is 0 Å². The average molecular weight is 456 g/mol. The lowest BCUT2D eigenvalue weighted by Crippen LogP contribution is -2.51. The molecule has 2 aromatic rings. The summed E-state index contributed by atoms with van der Waals surface area (Å²) in [4.78, 5) is 15.6. The second-order valence-corrected chi connectivity index (χ2v) is 8.96. The zero-order valence-electron chi connectivity index (χ0n) is 21.0. The van der Waals surface area contributed by atoms with E-state index in [1.54, 1.807) is 6.07 Å². The fourth-order valence-corrected chi connectivity index (χ4v) is 4.39. The summed E-state index contributed by atoms with van der Waals surface area (Å²) in [5.74, 6) is -0.617. The van der Waals surface area contributed by atoms with E-state index >= 15 is 4.39 Å². The lowest BCUT2D eigenvalue weighted by Gasteiger charge is -2.40. The van der Waals surface area contributed by atoms with Crippen LogP contribution in [0.25, 0.3) is 11.1 Å². The van der Waals surface area contributed by atoms with Gasteiger partial charge in [-0.25, -0.2) is 9.18 Å². The van der Waals surface area contributed by atoms with Gasteiger partial charge < -0.3 is 4.74 Å². The molecule has 0 amide bonds. The lowest BCUT2D eigenvalue weighted by molar-refractivity contribution is -0.158. The molecule has 2 aromatic carbocycles. The largest absolute Gasteiger partial charge is 0.464 e. The van der Waals surface area contributed by atoms with Gasteiger partial charge in [0.15, 0.2) is 0 Å². The molecule has 1 atom stereocenters. The second kappa shape index (κ2) is 14.1. The molecule has 0 aliphatic carbocycles. The number of hydrogen-bond acceptors (Lipinski definition) is 3. The van der Waals surface area contributed by atoms with Crippen molar-refractivity contribution in [1.29, 1.82) is 0 Å². The van der Waals surface area contributed by atoms with E-state index in [1.165, 1.54) is 18.9 Å². The number of carbonyl (C=O) groups excluding carboxylic acids is 1. The molecule has 0 aromatic heterocycles. The van der Waals surface area contributed by atoms with Crippen molar-refractivity contribution in [2.75, 3.05) is 19.7 Å². The number of carbonyl (C=O) groups is 1. The zero-order valence-corrected chi connectivity index (χ0v) is 21.0. The van der Waals surface area contributed by atoms with Gasteiger partial charge in [0, 0.05) is 5.56 Å². The van der Waals surface area contributed by atoms with Crippen molar-refractivity contribution in [2.45, 2.75) is 84.6 Å². The van der Waals surface area contributed by atoms with Gasteiger partial charge in [-0.2, -0.15) is 0 Å². The third kappa shape index (κ3) is 7.40. The Morgan fingerprint density at radius 1 is 0.879 bits per heavy atom. The van der Waals surface area contributed by atoms with Gasteiger partial charge in [-0.3, -0.25) is 4.90 Å². The molecule has 0 N–H and O–H groups in total. The molecule has 0 radical (unpaired) electrons. The Labute approximate surface area is 200 Å². The molecule has 0 saturated carbocycles. The van der Waals surface area contributed by atoms with Gasteiger partial charge in [0.1, 0.15) is 11.4 Å². The van der Waals surface area contributed by atoms with Crippen molar-refractivity contribution in [3.8, 4) is 11.1 Å². The Morgan fingerprint density at radius 2 is 1.48 bits per heavy atom. The van der Waals surface area contributed by atoms with Gasteiger partial charge in [0.25, 0.3) is 0 Å². The van der Waals surface area contributed by atoms with Crippen molar-refractivity contribution >= 4 is 5.97 Å². The minimum absolute atomic E-state index is 0.303. The molecule has 3 nitrogen and oxygen atoms in total. The van der Waals surface area contributed by atoms with Crippen molar-refractivity contribution in [1.82, 2.24) is 4.90 Å². The van der Waals surface area contributed by atoms with Crippen LogP contribution in [0.4, 0.5) is 4.39 Å². The summed E-state index contributed by atoms with van der Waals surface area (Å²) in [6.45, 7) is 10.0. The predicted molar refractivity (Wildman–Crippen MR) is 136 cm³/mol. The molecule has 0 bridgehead atoms. The maximum Gasteiger partial charge on any atom is 0.330 e. The van der Waals surface area contributed by atoms with Crippen molar-refractivity contribution in [2.24, 2.45) is 0 Å². The van der Waals surface area contributed by atoms with E-state index in [9.17, 15) is 4.79 Å². The highest BCUT2D eigenvalue weighted by molar-refractivity contribution is 5.82. The van der Waals surface area contributed by atoms with Crippen LogP contribution in [0.1, 0.15) is 84.6 Å². The SMILES string of the molecule is CCCCCCN(CCCCCC)C(C)(C(=O)OCC)c1ccc(-c2ccccc2)c(F)c1. The Balaban J connectivity index is 2.41. The molecule has 0 aliphatic heterocycles. The molecule has 0 spiro atoms. The van der Waals surface area contributed by atoms with E-state index in [-0.39, 0.29) is 11.8 Å². The first kappa shape index (κ1) is 27.0. The normalized spacial score (nSPS) is 13.2. The van der Waals surface area contributed by atoms with E-state index in [0.717, 1.165) is 57.2 Å². The van der Waals surface area contributed by atoms with Crippen LogP contribution in [0.5, 0.6) is 0 Å². The maximum absolute atomic E-state index is 15.3. The number of nitrogens with zero attached hydrogens (tertiary/aromatic N) is 1. The molecule has 0 saturated heterocycles. The molecule has 1 unspecified atom stereocenters. The molecule has 33 heavy (non-hydrogen) atoms. The van der Waals surface area contributed by atoms with Crippen LogP contribution in [0.2, 0.25) is 0 Å². The summed E-state index contributed by atoms with van der Waals surface area (Å²) >= 11 is 0. The Bertz CT molecular complexity index is 827. The fraction of sp³-hybridized carbons (Fsp3) is 0.552. The van der Waals surface area contributed by atoms with Crippen LogP contribution < -0.4 is 0 Å². The topological polar surface area (TPSA) is 29.5 Å². The predicted octanol–water partition coefficient (Wildman–Crippen LogP) is 7.73. The highest BCUT2D eigenvalue weighted by Gasteiger charge is 2.42. The molecule has 182 valence electrons. The van der Waals surface area contributed by atoms with E-state index in [1.807, 2.05) is 50.2 Å². The summed E-state index contributed by atoms with van der Waals surface area (Å²) in [7, 11) is 0.